The summed E-state index contributed by atoms with van der Waals surface area (Å²) >= 11 is 5.45. The van der Waals surface area contributed by atoms with Crippen molar-refractivity contribution < 1.29 is 37.4 Å². The number of nitrogens with one attached hydrogen (secondary N) is 3. The maximum Gasteiger partial charge on any atom is 0.329 e. The fourth-order valence-corrected chi connectivity index (χ4v) is 5.65. The first-order valence-corrected chi connectivity index (χ1v) is 15.1. The van der Waals surface area contributed by atoms with Crippen molar-refractivity contribution in [3.63, 3.8) is 0 Å². The molecule has 2 aromatic rings. The summed E-state index contributed by atoms with van der Waals surface area (Å²) in [5.74, 6) is -3.95. The van der Waals surface area contributed by atoms with Gasteiger partial charge in [0.2, 0.25) is 21.8 Å². The molecular formula is C26H36ClN7O8S. The van der Waals surface area contributed by atoms with Crippen LogP contribution in [0.15, 0.2) is 46.3 Å². The van der Waals surface area contributed by atoms with Gasteiger partial charge in [0.15, 0.2) is 12.0 Å². The second-order valence-electron chi connectivity index (χ2n) is 9.49. The number of esters is 1. The molecule has 2 rings (SSSR count). The Morgan fingerprint density at radius 3 is 2.35 bits per heavy atom. The van der Waals surface area contributed by atoms with Crippen LogP contribution in [0.1, 0.15) is 25.7 Å². The van der Waals surface area contributed by atoms with E-state index in [1.807, 2.05) is 25.1 Å². The molecule has 0 radical (unpaired) electrons. The van der Waals surface area contributed by atoms with Crippen molar-refractivity contribution in [3.8, 4) is 0 Å². The fraction of sp³-hybridized carbons (Fsp3) is 0.423. The van der Waals surface area contributed by atoms with Crippen LogP contribution in [-0.4, -0.2) is 88.6 Å². The molecule has 0 saturated carbocycles. The van der Waals surface area contributed by atoms with Gasteiger partial charge >= 0.3 is 11.9 Å². The SMILES string of the molecule is CN(C)c1cccc2c(S(=O)(=O)N[C@@H](CCC(=O)O)C(=O)NCC(=O)N[C@@H](CCCN=C(N)N)C(=O)OCCl)cccc12. The molecule has 0 aliphatic heterocycles. The molecule has 43 heavy (non-hydrogen) atoms. The first-order valence-electron chi connectivity index (χ1n) is 13.0. The fourth-order valence-electron chi connectivity index (χ4n) is 4.09. The number of guanidine groups is 1. The number of nitrogens with two attached hydrogens (primary N) is 2. The summed E-state index contributed by atoms with van der Waals surface area (Å²) in [5, 5.41) is 14.9. The van der Waals surface area contributed by atoms with Gasteiger partial charge in [0, 0.05) is 43.5 Å². The molecule has 2 atom stereocenters. The van der Waals surface area contributed by atoms with Crippen molar-refractivity contribution in [2.75, 3.05) is 38.2 Å². The summed E-state index contributed by atoms with van der Waals surface area (Å²) < 4.78 is 33.9. The van der Waals surface area contributed by atoms with Crippen LogP contribution in [0, 0.1) is 0 Å². The second-order valence-corrected chi connectivity index (χ2v) is 11.4. The normalized spacial score (nSPS) is 12.5. The van der Waals surface area contributed by atoms with Crippen molar-refractivity contribution in [2.45, 2.75) is 42.7 Å². The lowest BCUT2D eigenvalue weighted by molar-refractivity contribution is -0.146. The first-order chi connectivity index (χ1) is 20.3. The number of hydrogen-bond donors (Lipinski definition) is 6. The van der Waals surface area contributed by atoms with Crippen LogP contribution in [0.2, 0.25) is 0 Å². The van der Waals surface area contributed by atoms with Crippen LogP contribution in [0.3, 0.4) is 0 Å². The van der Waals surface area contributed by atoms with Crippen molar-refractivity contribution in [1.29, 1.82) is 0 Å². The highest BCUT2D eigenvalue weighted by Gasteiger charge is 2.29. The minimum Gasteiger partial charge on any atom is -0.481 e. The Hall–Kier alpha value is -4.15. The number of aliphatic imine (C=N–C) groups is 1. The van der Waals surface area contributed by atoms with Crippen LogP contribution in [0.4, 0.5) is 5.69 Å². The van der Waals surface area contributed by atoms with E-state index in [1.54, 1.807) is 24.3 Å². The lowest BCUT2D eigenvalue weighted by atomic mass is 10.1. The average Bonchev–Trinajstić information content (AvgIpc) is 2.94. The van der Waals surface area contributed by atoms with E-state index in [9.17, 15) is 27.6 Å². The summed E-state index contributed by atoms with van der Waals surface area (Å²) in [6, 6.07) is 6.72. The number of nitrogens with zero attached hydrogens (tertiary/aromatic N) is 2. The number of halogens is 1. The van der Waals surface area contributed by atoms with E-state index < -0.39 is 71.3 Å². The molecule has 0 saturated heterocycles. The summed E-state index contributed by atoms with van der Waals surface area (Å²) in [6.07, 6.45) is -0.538. The van der Waals surface area contributed by atoms with Gasteiger partial charge < -0.3 is 36.8 Å². The number of carboxylic acid groups (broad SMARTS) is 1. The predicted octanol–water partition coefficient (Wildman–Crippen LogP) is -0.188. The van der Waals surface area contributed by atoms with Gasteiger partial charge in [-0.05, 0) is 31.4 Å². The molecule has 2 amide bonds. The zero-order valence-electron chi connectivity index (χ0n) is 23.7. The van der Waals surface area contributed by atoms with Gasteiger partial charge in [-0.2, -0.15) is 4.72 Å². The number of ether oxygens (including phenoxy) is 1. The first kappa shape index (κ1) is 35.0. The molecule has 0 fully saturated rings. The summed E-state index contributed by atoms with van der Waals surface area (Å²) in [4.78, 5) is 54.5. The monoisotopic (exact) mass is 641 g/mol. The Morgan fingerprint density at radius 2 is 1.72 bits per heavy atom. The van der Waals surface area contributed by atoms with Gasteiger partial charge in [0.25, 0.3) is 0 Å². The van der Waals surface area contributed by atoms with Crippen LogP contribution >= 0.6 is 11.6 Å². The Bertz CT molecular complexity index is 1450. The third-order valence-electron chi connectivity index (χ3n) is 6.08. The molecule has 236 valence electrons. The summed E-state index contributed by atoms with van der Waals surface area (Å²) in [7, 11) is -0.717. The Morgan fingerprint density at radius 1 is 1.05 bits per heavy atom. The third-order valence-corrected chi connectivity index (χ3v) is 7.72. The minimum atomic E-state index is -4.34. The maximum absolute atomic E-state index is 13.5. The predicted molar refractivity (Wildman–Crippen MR) is 161 cm³/mol. The van der Waals surface area contributed by atoms with Gasteiger partial charge in [-0.3, -0.25) is 19.4 Å². The summed E-state index contributed by atoms with van der Waals surface area (Å²) in [5.41, 5.74) is 11.3. The van der Waals surface area contributed by atoms with Crippen molar-refractivity contribution in [2.24, 2.45) is 16.5 Å². The molecule has 2 aromatic carbocycles. The van der Waals surface area contributed by atoms with Gasteiger partial charge in [-0.15, -0.1) is 0 Å². The van der Waals surface area contributed by atoms with Crippen molar-refractivity contribution >= 4 is 67.8 Å². The van der Waals surface area contributed by atoms with E-state index in [0.29, 0.717) is 17.2 Å². The smallest absolute Gasteiger partial charge is 0.329 e. The van der Waals surface area contributed by atoms with E-state index >= 15 is 0 Å². The number of hydrogen-bond acceptors (Lipinski definition) is 9. The number of aliphatic carboxylic acids is 1. The molecule has 0 bridgehead atoms. The van der Waals surface area contributed by atoms with Crippen molar-refractivity contribution in [3.05, 3.63) is 36.4 Å². The number of carboxylic acids is 1. The van der Waals surface area contributed by atoms with E-state index in [4.69, 9.17) is 32.9 Å². The number of rotatable bonds is 17. The molecule has 0 aromatic heterocycles. The second kappa shape index (κ2) is 16.5. The number of amides is 2. The van der Waals surface area contributed by atoms with Crippen LogP contribution in [0.25, 0.3) is 10.8 Å². The number of benzene rings is 2. The van der Waals surface area contributed by atoms with Gasteiger partial charge in [-0.25, -0.2) is 13.2 Å². The van der Waals surface area contributed by atoms with E-state index in [1.165, 1.54) is 6.07 Å². The molecule has 0 aliphatic rings. The highest BCUT2D eigenvalue weighted by molar-refractivity contribution is 7.89. The van der Waals surface area contributed by atoms with Crippen molar-refractivity contribution in [1.82, 2.24) is 15.4 Å². The standard InChI is InChI=1S/C26H36ClN7O8S/c1-34(2)20-9-3-7-17-16(20)6-4-10-21(17)43(40,41)33-18(11-12-23(36)37)24(38)31-14-22(35)32-19(25(39)42-15-27)8-5-13-30-26(28)29/h3-4,6-7,9-10,18-19,33H,5,8,11-15H2,1-2H3,(H,31,38)(H,32,35)(H,36,37)(H4,28,29,30)/t18-,19-/m0/s1. The summed E-state index contributed by atoms with van der Waals surface area (Å²) in [6.45, 7) is -0.471. The number of alkyl halides is 1. The molecule has 15 nitrogen and oxygen atoms in total. The highest BCUT2D eigenvalue weighted by atomic mass is 35.5. The van der Waals surface area contributed by atoms with Crippen LogP contribution < -0.4 is 31.7 Å². The number of carbonyl (C=O) groups is 4. The molecule has 8 N–H and O–H groups in total. The maximum atomic E-state index is 13.5. The lowest BCUT2D eigenvalue weighted by Gasteiger charge is -2.20. The number of fused-ring (bicyclic) bond motifs is 1. The number of anilines is 1. The zero-order valence-corrected chi connectivity index (χ0v) is 25.3. The molecule has 0 spiro atoms. The Labute approximate surface area is 254 Å². The Kier molecular flexibility index (Phi) is 13.4. The van der Waals surface area contributed by atoms with E-state index in [2.05, 4.69) is 20.3 Å². The highest BCUT2D eigenvalue weighted by Crippen LogP contribution is 2.30. The molecule has 0 unspecified atom stereocenters. The minimum absolute atomic E-state index is 0.0911. The number of sulfonamides is 1. The number of carbonyl (C=O) groups excluding carboxylic acids is 3. The largest absolute Gasteiger partial charge is 0.481 e. The topological polar surface area (TPSA) is 236 Å². The van der Waals surface area contributed by atoms with E-state index in [-0.39, 0.29) is 23.8 Å². The van der Waals surface area contributed by atoms with E-state index in [0.717, 1.165) is 5.69 Å². The molecule has 17 heteroatoms. The molecule has 0 heterocycles. The molecular weight excluding hydrogens is 606 g/mol. The van der Waals surface area contributed by atoms with Gasteiger partial charge in [-0.1, -0.05) is 35.9 Å². The quantitative estimate of drug-likeness (QED) is 0.0435. The molecule has 0 aliphatic carbocycles. The van der Waals surface area contributed by atoms with Crippen LogP contribution in [-0.2, 0) is 33.9 Å². The van der Waals surface area contributed by atoms with Gasteiger partial charge in [0.1, 0.15) is 12.1 Å². The third kappa shape index (κ3) is 10.9. The van der Waals surface area contributed by atoms with Crippen LogP contribution in [0.5, 0.6) is 0 Å². The lowest BCUT2D eigenvalue weighted by Crippen LogP contribution is -2.51. The average molecular weight is 642 g/mol. The van der Waals surface area contributed by atoms with Gasteiger partial charge in [0.05, 0.1) is 11.4 Å². The zero-order chi connectivity index (χ0) is 32.2. The Balaban J connectivity index is 2.19.